The van der Waals surface area contributed by atoms with Gasteiger partial charge in [-0.2, -0.15) is 5.10 Å². The summed E-state index contributed by atoms with van der Waals surface area (Å²) < 4.78 is 1.55. The van der Waals surface area contributed by atoms with E-state index in [4.69, 9.17) is 11.6 Å². The monoisotopic (exact) mass is 360 g/mol. The van der Waals surface area contributed by atoms with E-state index in [0.29, 0.717) is 22.1 Å². The molecule has 6 nitrogen and oxygen atoms in total. The Labute approximate surface area is 151 Å². The highest BCUT2D eigenvalue weighted by Gasteiger charge is 2.09. The van der Waals surface area contributed by atoms with Crippen molar-refractivity contribution in [3.05, 3.63) is 46.8 Å². The molecular weight excluding hydrogens is 340 g/mol. The van der Waals surface area contributed by atoms with Gasteiger partial charge < -0.3 is 10.6 Å². The molecule has 0 bridgehead atoms. The van der Waals surface area contributed by atoms with E-state index in [1.54, 1.807) is 42.1 Å². The summed E-state index contributed by atoms with van der Waals surface area (Å²) in [6.45, 7) is 5.48. The quantitative estimate of drug-likeness (QED) is 0.799. The van der Waals surface area contributed by atoms with Crippen LogP contribution in [-0.2, 0) is 16.6 Å². The number of carbonyl (C=O) groups excluding carboxylic acids is 2. The highest BCUT2D eigenvalue weighted by molar-refractivity contribution is 6.31. The zero-order chi connectivity index (χ0) is 18.6. The number of rotatable bonds is 5. The van der Waals surface area contributed by atoms with Gasteiger partial charge in [0.25, 0.3) is 0 Å². The van der Waals surface area contributed by atoms with Crippen LogP contribution in [0.1, 0.15) is 25.1 Å². The first kappa shape index (κ1) is 18.7. The van der Waals surface area contributed by atoms with Crippen LogP contribution >= 0.6 is 11.6 Å². The Bertz CT molecular complexity index is 807. The number of halogens is 1. The minimum Gasteiger partial charge on any atom is -0.326 e. The van der Waals surface area contributed by atoms with E-state index in [-0.39, 0.29) is 17.7 Å². The molecule has 0 spiro atoms. The topological polar surface area (TPSA) is 76.0 Å². The van der Waals surface area contributed by atoms with Crippen LogP contribution in [-0.4, -0.2) is 21.6 Å². The molecule has 1 aromatic carbocycles. The zero-order valence-corrected chi connectivity index (χ0v) is 15.4. The molecule has 7 heteroatoms. The molecule has 0 aliphatic carbocycles. The van der Waals surface area contributed by atoms with Crippen molar-refractivity contribution >= 4 is 40.9 Å². The number of amides is 2. The van der Waals surface area contributed by atoms with Crippen LogP contribution in [0.4, 0.5) is 11.4 Å². The zero-order valence-electron chi connectivity index (χ0n) is 14.6. The molecule has 25 heavy (non-hydrogen) atoms. The van der Waals surface area contributed by atoms with Gasteiger partial charge in [-0.25, -0.2) is 0 Å². The van der Waals surface area contributed by atoms with Crippen LogP contribution in [0.15, 0.2) is 30.3 Å². The number of benzene rings is 1. The van der Waals surface area contributed by atoms with Gasteiger partial charge in [0.15, 0.2) is 0 Å². The molecule has 0 radical (unpaired) electrons. The second kappa shape index (κ2) is 7.98. The van der Waals surface area contributed by atoms with E-state index >= 15 is 0 Å². The molecule has 2 amide bonds. The standard InChI is InChI=1S/C18H21ClN4O2/c1-11(2)18(25)21-14-7-5-13(6-8-14)20-16(24)10-9-15-12(3)22-23(4)17(15)19/h5-11H,1-4H3,(H,20,24)(H,21,25)/b10-9+. The first-order valence-electron chi connectivity index (χ1n) is 7.87. The summed E-state index contributed by atoms with van der Waals surface area (Å²) in [6, 6.07) is 6.93. The van der Waals surface area contributed by atoms with E-state index in [0.717, 1.165) is 5.69 Å². The SMILES string of the molecule is Cc1nn(C)c(Cl)c1/C=C/C(=O)Nc1ccc(NC(=O)C(C)C)cc1. The fourth-order valence-corrected chi connectivity index (χ4v) is 2.34. The predicted octanol–water partition coefficient (Wildman–Crippen LogP) is 3.63. The van der Waals surface area contributed by atoms with Gasteiger partial charge in [0.1, 0.15) is 5.15 Å². The van der Waals surface area contributed by atoms with Crippen LogP contribution in [0.3, 0.4) is 0 Å². The van der Waals surface area contributed by atoms with Crippen LogP contribution in [0.25, 0.3) is 6.08 Å². The highest BCUT2D eigenvalue weighted by Crippen LogP contribution is 2.20. The number of anilines is 2. The van der Waals surface area contributed by atoms with Gasteiger partial charge in [0.05, 0.1) is 5.69 Å². The van der Waals surface area contributed by atoms with Gasteiger partial charge in [0, 0.05) is 36.0 Å². The Morgan fingerprint density at radius 3 is 2.20 bits per heavy atom. The molecule has 0 saturated carbocycles. The summed E-state index contributed by atoms with van der Waals surface area (Å²) in [5.74, 6) is -0.422. The molecular formula is C18H21ClN4O2. The van der Waals surface area contributed by atoms with E-state index in [9.17, 15) is 9.59 Å². The van der Waals surface area contributed by atoms with E-state index in [1.165, 1.54) is 6.08 Å². The average molecular weight is 361 g/mol. The van der Waals surface area contributed by atoms with Crippen molar-refractivity contribution in [2.45, 2.75) is 20.8 Å². The summed E-state index contributed by atoms with van der Waals surface area (Å²) in [7, 11) is 1.74. The van der Waals surface area contributed by atoms with Crippen molar-refractivity contribution < 1.29 is 9.59 Å². The molecule has 0 saturated heterocycles. The third-order valence-electron chi connectivity index (χ3n) is 3.54. The maximum atomic E-state index is 12.0. The molecule has 0 unspecified atom stereocenters. The normalized spacial score (nSPS) is 11.1. The summed E-state index contributed by atoms with van der Waals surface area (Å²) >= 11 is 6.12. The van der Waals surface area contributed by atoms with Gasteiger partial charge >= 0.3 is 0 Å². The summed E-state index contributed by atoms with van der Waals surface area (Å²) in [5.41, 5.74) is 2.78. The maximum absolute atomic E-state index is 12.0. The smallest absolute Gasteiger partial charge is 0.248 e. The second-order valence-corrected chi connectivity index (χ2v) is 6.32. The van der Waals surface area contributed by atoms with E-state index < -0.39 is 0 Å². The summed E-state index contributed by atoms with van der Waals surface area (Å²) in [5, 5.41) is 10.2. The lowest BCUT2D eigenvalue weighted by atomic mass is 10.2. The number of hydrogen-bond acceptors (Lipinski definition) is 3. The highest BCUT2D eigenvalue weighted by atomic mass is 35.5. The summed E-state index contributed by atoms with van der Waals surface area (Å²) in [4.78, 5) is 23.7. The Balaban J connectivity index is 1.98. The number of carbonyl (C=O) groups is 2. The minimum atomic E-state index is -0.279. The molecule has 1 aromatic heterocycles. The van der Waals surface area contributed by atoms with E-state index in [1.807, 2.05) is 20.8 Å². The minimum absolute atomic E-state index is 0.0524. The first-order chi connectivity index (χ1) is 11.8. The van der Waals surface area contributed by atoms with Crippen LogP contribution < -0.4 is 10.6 Å². The van der Waals surface area contributed by atoms with Gasteiger partial charge in [-0.1, -0.05) is 25.4 Å². The lowest BCUT2D eigenvalue weighted by molar-refractivity contribution is -0.119. The Morgan fingerprint density at radius 1 is 1.16 bits per heavy atom. The molecule has 0 atom stereocenters. The fraction of sp³-hybridized carbons (Fsp3) is 0.278. The molecule has 0 aliphatic rings. The van der Waals surface area contributed by atoms with Crippen molar-refractivity contribution in [2.75, 3.05) is 10.6 Å². The molecule has 0 aliphatic heterocycles. The lowest BCUT2D eigenvalue weighted by Crippen LogP contribution is -2.17. The van der Waals surface area contributed by atoms with Crippen LogP contribution in [0, 0.1) is 12.8 Å². The molecule has 1 heterocycles. The predicted molar refractivity (Wildman–Crippen MR) is 101 cm³/mol. The van der Waals surface area contributed by atoms with E-state index in [2.05, 4.69) is 15.7 Å². The Morgan fingerprint density at radius 2 is 1.72 bits per heavy atom. The largest absolute Gasteiger partial charge is 0.326 e. The Hall–Kier alpha value is -2.60. The van der Waals surface area contributed by atoms with Crippen molar-refractivity contribution in [1.29, 1.82) is 0 Å². The van der Waals surface area contributed by atoms with Crippen molar-refractivity contribution in [2.24, 2.45) is 13.0 Å². The summed E-state index contributed by atoms with van der Waals surface area (Å²) in [6.07, 6.45) is 3.04. The number of aromatic nitrogens is 2. The average Bonchev–Trinajstić information content (AvgIpc) is 2.79. The van der Waals surface area contributed by atoms with Gasteiger partial charge in [-0.15, -0.1) is 0 Å². The number of nitrogens with zero attached hydrogens (tertiary/aromatic N) is 2. The van der Waals surface area contributed by atoms with Crippen molar-refractivity contribution in [3.8, 4) is 0 Å². The molecule has 2 aromatic rings. The maximum Gasteiger partial charge on any atom is 0.248 e. The second-order valence-electron chi connectivity index (χ2n) is 5.96. The third kappa shape index (κ3) is 4.93. The fourth-order valence-electron chi connectivity index (χ4n) is 2.10. The molecule has 132 valence electrons. The molecule has 2 rings (SSSR count). The number of aryl methyl sites for hydroxylation is 2. The van der Waals surface area contributed by atoms with Crippen molar-refractivity contribution in [3.63, 3.8) is 0 Å². The number of nitrogens with one attached hydrogen (secondary N) is 2. The molecule has 2 N–H and O–H groups in total. The van der Waals surface area contributed by atoms with Gasteiger partial charge in [-0.05, 0) is 37.3 Å². The number of hydrogen-bond donors (Lipinski definition) is 2. The van der Waals surface area contributed by atoms with Crippen LogP contribution in [0.5, 0.6) is 0 Å². The molecule has 0 fully saturated rings. The van der Waals surface area contributed by atoms with Gasteiger partial charge in [-0.3, -0.25) is 14.3 Å². The van der Waals surface area contributed by atoms with Crippen LogP contribution in [0.2, 0.25) is 5.15 Å². The third-order valence-corrected chi connectivity index (χ3v) is 3.99. The van der Waals surface area contributed by atoms with Gasteiger partial charge in [0.2, 0.25) is 11.8 Å². The lowest BCUT2D eigenvalue weighted by Gasteiger charge is -2.08. The van der Waals surface area contributed by atoms with Crippen molar-refractivity contribution in [1.82, 2.24) is 9.78 Å². The Kier molecular flexibility index (Phi) is 5.98. The first-order valence-corrected chi connectivity index (χ1v) is 8.25.